The van der Waals surface area contributed by atoms with E-state index in [9.17, 15) is 10.1 Å². The molecule has 29 heavy (non-hydrogen) atoms. The van der Waals surface area contributed by atoms with Crippen LogP contribution in [0.25, 0.3) is 6.08 Å². The fourth-order valence-electron chi connectivity index (χ4n) is 2.90. The molecule has 0 heterocycles. The van der Waals surface area contributed by atoms with Crippen molar-refractivity contribution >= 4 is 29.0 Å². The summed E-state index contributed by atoms with van der Waals surface area (Å²) in [6.45, 7) is 3.88. The molecule has 0 aliphatic carbocycles. The Labute approximate surface area is 171 Å². The Morgan fingerprint density at radius 1 is 0.897 bits per heavy atom. The zero-order valence-corrected chi connectivity index (χ0v) is 16.0. The number of hydrogen-bond donors (Lipinski definition) is 1. The molecule has 3 aromatic carbocycles. The van der Waals surface area contributed by atoms with Gasteiger partial charge in [0.25, 0.3) is 5.91 Å². The van der Waals surface area contributed by atoms with Gasteiger partial charge in [-0.1, -0.05) is 54.6 Å². The lowest BCUT2D eigenvalue weighted by atomic mass is 10.1. The van der Waals surface area contributed by atoms with Crippen molar-refractivity contribution in [1.82, 2.24) is 5.32 Å². The Balaban J connectivity index is 1.92. The Morgan fingerprint density at radius 2 is 1.41 bits per heavy atom. The third-order valence-corrected chi connectivity index (χ3v) is 4.26. The van der Waals surface area contributed by atoms with Crippen LogP contribution in [0.1, 0.15) is 5.56 Å². The second-order valence-electron chi connectivity index (χ2n) is 6.27. The van der Waals surface area contributed by atoms with Gasteiger partial charge in [-0.05, 0) is 48.0 Å². The van der Waals surface area contributed by atoms with Gasteiger partial charge in [-0.2, -0.15) is 5.26 Å². The Hall–Kier alpha value is -4.10. The summed E-state index contributed by atoms with van der Waals surface area (Å²) in [6.07, 6.45) is 3.15. The Kier molecular flexibility index (Phi) is 6.59. The molecule has 3 aromatic rings. The first-order chi connectivity index (χ1) is 14.2. The summed E-state index contributed by atoms with van der Waals surface area (Å²) >= 11 is 0. The van der Waals surface area contributed by atoms with E-state index < -0.39 is 5.91 Å². The number of nitrogens with zero attached hydrogens (tertiary/aromatic N) is 2. The highest BCUT2D eigenvalue weighted by Gasteiger charge is 2.12. The number of hydrogen-bond acceptors (Lipinski definition) is 3. The molecular formula is C25H21N3O. The molecule has 1 amide bonds. The first-order valence-electron chi connectivity index (χ1n) is 9.24. The van der Waals surface area contributed by atoms with Gasteiger partial charge >= 0.3 is 0 Å². The molecule has 0 unspecified atom stereocenters. The number of nitriles is 1. The molecule has 142 valence electrons. The average molecular weight is 379 g/mol. The molecule has 0 saturated heterocycles. The number of para-hydroxylation sites is 2. The van der Waals surface area contributed by atoms with Gasteiger partial charge in [0.1, 0.15) is 11.6 Å². The van der Waals surface area contributed by atoms with Crippen LogP contribution in [-0.4, -0.2) is 12.5 Å². The van der Waals surface area contributed by atoms with Gasteiger partial charge in [0.05, 0.1) is 0 Å². The van der Waals surface area contributed by atoms with Gasteiger partial charge in [0.2, 0.25) is 0 Å². The van der Waals surface area contributed by atoms with Crippen molar-refractivity contribution in [2.45, 2.75) is 0 Å². The summed E-state index contributed by atoms with van der Waals surface area (Å²) in [5, 5.41) is 11.9. The van der Waals surface area contributed by atoms with Crippen molar-refractivity contribution in [3.8, 4) is 6.07 Å². The van der Waals surface area contributed by atoms with Crippen LogP contribution in [-0.2, 0) is 4.79 Å². The smallest absolute Gasteiger partial charge is 0.262 e. The average Bonchev–Trinajstić information content (AvgIpc) is 2.78. The SMILES string of the molecule is C=CCNC(=O)/C(C#N)=C\c1ccc(N(c2ccccc2)c2ccccc2)cc1. The standard InChI is InChI=1S/C25H21N3O/c1-2-17-27-25(29)21(19-26)18-20-13-15-24(16-14-20)28(22-9-5-3-6-10-22)23-11-7-4-8-12-23/h2-16,18H,1,17H2,(H,27,29)/b21-18-. The van der Waals surface area contributed by atoms with E-state index in [-0.39, 0.29) is 5.57 Å². The van der Waals surface area contributed by atoms with E-state index in [2.05, 4.69) is 41.1 Å². The normalized spacial score (nSPS) is 10.7. The van der Waals surface area contributed by atoms with E-state index >= 15 is 0 Å². The number of rotatable bonds is 7. The van der Waals surface area contributed by atoms with Crippen LogP contribution in [0.4, 0.5) is 17.1 Å². The molecule has 0 aromatic heterocycles. The lowest BCUT2D eigenvalue weighted by Gasteiger charge is -2.25. The van der Waals surface area contributed by atoms with E-state index in [1.807, 2.05) is 66.7 Å². The van der Waals surface area contributed by atoms with E-state index in [0.29, 0.717) is 6.54 Å². The summed E-state index contributed by atoms with van der Waals surface area (Å²) in [5.41, 5.74) is 3.91. The topological polar surface area (TPSA) is 56.1 Å². The second-order valence-corrected chi connectivity index (χ2v) is 6.27. The van der Waals surface area contributed by atoms with Gasteiger partial charge < -0.3 is 10.2 Å². The van der Waals surface area contributed by atoms with Gasteiger partial charge in [0, 0.05) is 23.6 Å². The van der Waals surface area contributed by atoms with Crippen molar-refractivity contribution in [2.24, 2.45) is 0 Å². The summed E-state index contributed by atoms with van der Waals surface area (Å²) in [6, 6.07) is 29.9. The minimum absolute atomic E-state index is 0.0579. The fraction of sp³-hybridized carbons (Fsp3) is 0.0400. The zero-order valence-electron chi connectivity index (χ0n) is 16.0. The maximum Gasteiger partial charge on any atom is 0.262 e. The van der Waals surface area contributed by atoms with Crippen LogP contribution >= 0.6 is 0 Å². The van der Waals surface area contributed by atoms with Crippen LogP contribution in [0, 0.1) is 11.3 Å². The molecule has 0 atom stereocenters. The molecule has 3 rings (SSSR count). The van der Waals surface area contributed by atoms with Crippen molar-refractivity contribution in [3.63, 3.8) is 0 Å². The molecule has 0 radical (unpaired) electrons. The summed E-state index contributed by atoms with van der Waals surface area (Å²) in [7, 11) is 0. The molecule has 1 N–H and O–H groups in total. The lowest BCUT2D eigenvalue weighted by molar-refractivity contribution is -0.116. The molecule has 0 spiro atoms. The number of nitrogens with one attached hydrogen (secondary N) is 1. The highest BCUT2D eigenvalue weighted by atomic mass is 16.1. The minimum atomic E-state index is -0.410. The third-order valence-electron chi connectivity index (χ3n) is 4.26. The van der Waals surface area contributed by atoms with Crippen molar-refractivity contribution in [3.05, 3.63) is 109 Å². The van der Waals surface area contributed by atoms with Crippen LogP contribution in [0.15, 0.2) is 103 Å². The van der Waals surface area contributed by atoms with E-state index in [4.69, 9.17) is 0 Å². The number of anilines is 3. The highest BCUT2D eigenvalue weighted by molar-refractivity contribution is 6.01. The van der Waals surface area contributed by atoms with Crippen LogP contribution in [0.3, 0.4) is 0 Å². The van der Waals surface area contributed by atoms with Gasteiger partial charge in [-0.25, -0.2) is 0 Å². The Morgan fingerprint density at radius 3 is 1.90 bits per heavy atom. The monoisotopic (exact) mass is 379 g/mol. The van der Waals surface area contributed by atoms with Crippen LogP contribution < -0.4 is 10.2 Å². The number of benzene rings is 3. The highest BCUT2D eigenvalue weighted by Crippen LogP contribution is 2.34. The van der Waals surface area contributed by atoms with Gasteiger partial charge in [-0.15, -0.1) is 6.58 Å². The van der Waals surface area contributed by atoms with Crippen molar-refractivity contribution < 1.29 is 4.79 Å². The molecule has 0 bridgehead atoms. The number of carbonyl (C=O) groups is 1. The second kappa shape index (κ2) is 9.72. The third kappa shape index (κ3) is 5.00. The molecule has 0 fully saturated rings. The number of amides is 1. The summed E-state index contributed by atoms with van der Waals surface area (Å²) in [4.78, 5) is 14.2. The quantitative estimate of drug-likeness (QED) is 0.341. The zero-order chi connectivity index (χ0) is 20.5. The maximum absolute atomic E-state index is 12.0. The molecular weight excluding hydrogens is 358 g/mol. The van der Waals surface area contributed by atoms with E-state index in [1.165, 1.54) is 0 Å². The van der Waals surface area contributed by atoms with Crippen LogP contribution in [0.2, 0.25) is 0 Å². The van der Waals surface area contributed by atoms with Gasteiger partial charge in [-0.3, -0.25) is 4.79 Å². The molecule has 0 saturated carbocycles. The summed E-state index contributed by atoms with van der Waals surface area (Å²) in [5.74, 6) is -0.410. The molecule has 4 nitrogen and oxygen atoms in total. The fourth-order valence-corrected chi connectivity index (χ4v) is 2.90. The van der Waals surface area contributed by atoms with Crippen molar-refractivity contribution in [1.29, 1.82) is 5.26 Å². The molecule has 0 aliphatic rings. The predicted octanol–water partition coefficient (Wildman–Crippen LogP) is 5.37. The first-order valence-corrected chi connectivity index (χ1v) is 9.24. The van der Waals surface area contributed by atoms with Gasteiger partial charge in [0.15, 0.2) is 0 Å². The predicted molar refractivity (Wildman–Crippen MR) is 118 cm³/mol. The van der Waals surface area contributed by atoms with E-state index in [1.54, 1.807) is 12.2 Å². The Bertz CT molecular complexity index is 993. The molecule has 0 aliphatic heterocycles. The number of carbonyl (C=O) groups excluding carboxylic acids is 1. The molecule has 4 heteroatoms. The minimum Gasteiger partial charge on any atom is -0.348 e. The summed E-state index contributed by atoms with van der Waals surface area (Å²) < 4.78 is 0. The largest absolute Gasteiger partial charge is 0.348 e. The van der Waals surface area contributed by atoms with E-state index in [0.717, 1.165) is 22.6 Å². The van der Waals surface area contributed by atoms with Crippen molar-refractivity contribution in [2.75, 3.05) is 11.4 Å². The van der Waals surface area contributed by atoms with Crippen LogP contribution in [0.5, 0.6) is 0 Å². The maximum atomic E-state index is 12.0. The lowest BCUT2D eigenvalue weighted by Crippen LogP contribution is -2.24. The first kappa shape index (κ1) is 19.7.